The van der Waals surface area contributed by atoms with Crippen LogP contribution in [-0.2, 0) is 0 Å². The van der Waals surface area contributed by atoms with E-state index in [9.17, 15) is 9.18 Å². The number of hydrogen-bond acceptors (Lipinski definition) is 1. The Morgan fingerprint density at radius 3 is 2.90 bits per heavy atom. The molecular formula is C15H14ClFN2O. The zero-order chi connectivity index (χ0) is 14.1. The highest BCUT2D eigenvalue weighted by atomic mass is 35.5. The maximum absolute atomic E-state index is 13.9. The van der Waals surface area contributed by atoms with Crippen molar-refractivity contribution in [1.29, 1.82) is 0 Å². The smallest absolute Gasteiger partial charge is 0.258 e. The number of amides is 1. The van der Waals surface area contributed by atoms with Crippen molar-refractivity contribution in [1.82, 2.24) is 9.88 Å². The lowest BCUT2D eigenvalue weighted by molar-refractivity contribution is 0.0728. The van der Waals surface area contributed by atoms with Crippen LogP contribution in [0.15, 0.2) is 36.5 Å². The molecule has 1 unspecified atom stereocenters. The molecule has 2 aromatic rings. The number of likely N-dealkylation sites (tertiary alicyclic amines) is 1. The predicted molar refractivity (Wildman–Crippen MR) is 75.2 cm³/mol. The molecule has 2 heterocycles. The van der Waals surface area contributed by atoms with Gasteiger partial charge in [0.15, 0.2) is 0 Å². The summed E-state index contributed by atoms with van der Waals surface area (Å²) in [6.45, 7) is 0.618. The van der Waals surface area contributed by atoms with Crippen molar-refractivity contribution in [3.05, 3.63) is 58.6 Å². The van der Waals surface area contributed by atoms with Crippen molar-refractivity contribution >= 4 is 17.5 Å². The van der Waals surface area contributed by atoms with Gasteiger partial charge in [-0.3, -0.25) is 4.79 Å². The largest absolute Gasteiger partial charge is 0.363 e. The van der Waals surface area contributed by atoms with E-state index in [1.165, 1.54) is 18.2 Å². The van der Waals surface area contributed by atoms with E-state index >= 15 is 0 Å². The van der Waals surface area contributed by atoms with Crippen LogP contribution < -0.4 is 0 Å². The first-order chi connectivity index (χ1) is 9.68. The highest BCUT2D eigenvalue weighted by molar-refractivity contribution is 6.33. The minimum atomic E-state index is -0.570. The maximum atomic E-state index is 13.9. The van der Waals surface area contributed by atoms with Gasteiger partial charge in [-0.25, -0.2) is 4.39 Å². The van der Waals surface area contributed by atoms with Crippen molar-refractivity contribution in [2.75, 3.05) is 6.54 Å². The van der Waals surface area contributed by atoms with Gasteiger partial charge in [0.2, 0.25) is 0 Å². The number of nitrogens with zero attached hydrogens (tertiary/aromatic N) is 1. The summed E-state index contributed by atoms with van der Waals surface area (Å²) >= 11 is 5.98. The Morgan fingerprint density at radius 1 is 1.35 bits per heavy atom. The van der Waals surface area contributed by atoms with Crippen molar-refractivity contribution in [3.8, 4) is 0 Å². The summed E-state index contributed by atoms with van der Waals surface area (Å²) in [6.07, 6.45) is 3.60. The third-order valence-corrected chi connectivity index (χ3v) is 3.99. The second-order valence-electron chi connectivity index (χ2n) is 4.88. The fourth-order valence-corrected chi connectivity index (χ4v) is 2.97. The van der Waals surface area contributed by atoms with Crippen LogP contribution in [0.2, 0.25) is 5.02 Å². The van der Waals surface area contributed by atoms with E-state index in [2.05, 4.69) is 4.98 Å². The lowest BCUT2D eigenvalue weighted by atomic mass is 10.1. The van der Waals surface area contributed by atoms with Crippen molar-refractivity contribution in [3.63, 3.8) is 0 Å². The predicted octanol–water partition coefficient (Wildman–Crippen LogP) is 3.78. The number of carbonyl (C=O) groups excluding carboxylic acids is 1. The van der Waals surface area contributed by atoms with E-state index in [4.69, 9.17) is 11.6 Å². The molecule has 1 saturated heterocycles. The molecule has 0 bridgehead atoms. The molecular weight excluding hydrogens is 279 g/mol. The molecule has 104 valence electrons. The molecule has 1 fully saturated rings. The highest BCUT2D eigenvalue weighted by Crippen LogP contribution is 2.33. The van der Waals surface area contributed by atoms with E-state index in [1.54, 1.807) is 4.90 Å². The van der Waals surface area contributed by atoms with Crippen LogP contribution in [0.1, 0.15) is 34.9 Å². The second-order valence-corrected chi connectivity index (χ2v) is 5.29. The van der Waals surface area contributed by atoms with Crippen molar-refractivity contribution in [2.24, 2.45) is 0 Å². The summed E-state index contributed by atoms with van der Waals surface area (Å²) in [5, 5.41) is 0.159. The number of nitrogens with one attached hydrogen (secondary N) is 1. The monoisotopic (exact) mass is 292 g/mol. The Hall–Kier alpha value is -1.81. The fraction of sp³-hybridized carbons (Fsp3) is 0.267. The number of hydrogen-bond donors (Lipinski definition) is 1. The molecule has 5 heteroatoms. The number of H-pyrrole nitrogens is 1. The Morgan fingerprint density at radius 2 is 2.20 bits per heavy atom. The SMILES string of the molecule is O=C(c1c(F)cccc1Cl)N1CCCC1c1ccc[nH]1. The molecule has 0 aliphatic carbocycles. The molecule has 1 aliphatic heterocycles. The summed E-state index contributed by atoms with van der Waals surface area (Å²) in [5.74, 6) is -0.912. The van der Waals surface area contributed by atoms with Gasteiger partial charge < -0.3 is 9.88 Å². The zero-order valence-corrected chi connectivity index (χ0v) is 11.5. The third kappa shape index (κ3) is 2.20. The Labute approximate surface area is 121 Å². The first-order valence-corrected chi connectivity index (χ1v) is 6.94. The van der Waals surface area contributed by atoms with Gasteiger partial charge in [-0.1, -0.05) is 17.7 Å². The average Bonchev–Trinajstić information content (AvgIpc) is 3.09. The first-order valence-electron chi connectivity index (χ1n) is 6.57. The highest BCUT2D eigenvalue weighted by Gasteiger charge is 2.33. The number of aromatic amines is 1. The number of halogens is 2. The summed E-state index contributed by atoms with van der Waals surface area (Å²) in [7, 11) is 0. The van der Waals surface area contributed by atoms with Gasteiger partial charge in [-0.15, -0.1) is 0 Å². The molecule has 0 saturated carbocycles. The molecule has 1 amide bonds. The van der Waals surface area contributed by atoms with Gasteiger partial charge in [-0.05, 0) is 37.1 Å². The van der Waals surface area contributed by atoms with Crippen LogP contribution in [0.5, 0.6) is 0 Å². The topological polar surface area (TPSA) is 36.1 Å². The molecule has 0 spiro atoms. The van der Waals surface area contributed by atoms with Crippen LogP contribution in [0.4, 0.5) is 4.39 Å². The lowest BCUT2D eigenvalue weighted by Crippen LogP contribution is -2.31. The van der Waals surface area contributed by atoms with Gasteiger partial charge in [-0.2, -0.15) is 0 Å². The van der Waals surface area contributed by atoms with Crippen LogP contribution in [0.25, 0.3) is 0 Å². The molecule has 1 atom stereocenters. The van der Waals surface area contributed by atoms with E-state index in [0.717, 1.165) is 18.5 Å². The summed E-state index contributed by atoms with van der Waals surface area (Å²) in [6, 6.07) is 8.11. The standard InChI is InChI=1S/C15H14ClFN2O/c16-10-4-1-5-11(17)14(10)15(20)19-9-3-7-13(19)12-6-2-8-18-12/h1-2,4-6,8,13,18H,3,7,9H2. The van der Waals surface area contributed by atoms with Gasteiger partial charge in [0, 0.05) is 18.4 Å². The molecule has 1 aromatic heterocycles. The van der Waals surface area contributed by atoms with Gasteiger partial charge in [0.25, 0.3) is 5.91 Å². The lowest BCUT2D eigenvalue weighted by Gasteiger charge is -2.24. The molecule has 1 N–H and O–H groups in total. The van der Waals surface area contributed by atoms with Crippen molar-refractivity contribution < 1.29 is 9.18 Å². The molecule has 1 aromatic carbocycles. The molecule has 3 rings (SSSR count). The minimum Gasteiger partial charge on any atom is -0.363 e. The quantitative estimate of drug-likeness (QED) is 0.898. The van der Waals surface area contributed by atoms with E-state index in [1.807, 2.05) is 18.3 Å². The normalized spacial score (nSPS) is 18.5. The number of aromatic nitrogens is 1. The van der Waals surface area contributed by atoms with Crippen molar-refractivity contribution in [2.45, 2.75) is 18.9 Å². The second kappa shape index (κ2) is 5.29. The Kier molecular flexibility index (Phi) is 3.49. The summed E-state index contributed by atoms with van der Waals surface area (Å²) in [5.41, 5.74) is 0.941. The van der Waals surface area contributed by atoms with E-state index < -0.39 is 5.82 Å². The number of rotatable bonds is 2. The number of benzene rings is 1. The maximum Gasteiger partial charge on any atom is 0.258 e. The molecule has 20 heavy (non-hydrogen) atoms. The Bertz CT molecular complexity index is 607. The average molecular weight is 293 g/mol. The third-order valence-electron chi connectivity index (χ3n) is 3.67. The fourth-order valence-electron chi connectivity index (χ4n) is 2.73. The van der Waals surface area contributed by atoms with E-state index in [0.29, 0.717) is 6.54 Å². The van der Waals surface area contributed by atoms with Gasteiger partial charge in [0.05, 0.1) is 16.6 Å². The first kappa shape index (κ1) is 13.2. The molecule has 3 nitrogen and oxygen atoms in total. The van der Waals surface area contributed by atoms with Crippen LogP contribution >= 0.6 is 11.6 Å². The van der Waals surface area contributed by atoms with Gasteiger partial charge >= 0.3 is 0 Å². The van der Waals surface area contributed by atoms with Gasteiger partial charge in [0.1, 0.15) is 5.82 Å². The summed E-state index contributed by atoms with van der Waals surface area (Å²) < 4.78 is 13.9. The van der Waals surface area contributed by atoms with Crippen LogP contribution in [0, 0.1) is 5.82 Å². The van der Waals surface area contributed by atoms with E-state index in [-0.39, 0.29) is 22.5 Å². The molecule has 0 radical (unpaired) electrons. The zero-order valence-electron chi connectivity index (χ0n) is 10.8. The Balaban J connectivity index is 1.94. The number of carbonyl (C=O) groups is 1. The summed E-state index contributed by atoms with van der Waals surface area (Å²) in [4.78, 5) is 17.4. The van der Waals surface area contributed by atoms with Crippen LogP contribution in [-0.4, -0.2) is 22.3 Å². The van der Waals surface area contributed by atoms with Crippen LogP contribution in [0.3, 0.4) is 0 Å². The molecule has 1 aliphatic rings. The minimum absolute atomic E-state index is 0.0341.